The molecule has 3 aromatic rings. The van der Waals surface area contributed by atoms with Gasteiger partial charge in [-0.15, -0.1) is 0 Å². The topological polar surface area (TPSA) is 0 Å². The van der Waals surface area contributed by atoms with Gasteiger partial charge in [-0.2, -0.15) is 13.2 Å². The third-order valence-electron chi connectivity index (χ3n) is 4.38. The van der Waals surface area contributed by atoms with Crippen LogP contribution in [0.5, 0.6) is 0 Å². The molecular weight excluding hydrogens is 392 g/mol. The largest absolute Gasteiger partial charge is 0.406 e. The smallest absolute Gasteiger partial charge is 0.207 e. The molecule has 28 heavy (non-hydrogen) atoms. The van der Waals surface area contributed by atoms with Crippen LogP contribution in [0.15, 0.2) is 60.7 Å². The molecule has 0 aliphatic rings. The normalized spacial score (nSPS) is 12.3. The summed E-state index contributed by atoms with van der Waals surface area (Å²) in [6, 6.07) is 6.18. The van der Waals surface area contributed by atoms with Crippen molar-refractivity contribution in [3.05, 3.63) is 106 Å². The Morgan fingerprint density at radius 3 is 1.18 bits per heavy atom. The summed E-state index contributed by atoms with van der Waals surface area (Å²) in [5.41, 5.74) is -8.07. The maximum Gasteiger partial charge on any atom is 0.406 e. The van der Waals surface area contributed by atoms with Gasteiger partial charge in [0, 0.05) is 11.1 Å². The molecule has 0 radical (unpaired) electrons. The van der Waals surface area contributed by atoms with E-state index in [2.05, 4.69) is 0 Å². The van der Waals surface area contributed by atoms with Gasteiger partial charge in [-0.25, -0.2) is 22.0 Å². The maximum atomic E-state index is 14.5. The first kappa shape index (κ1) is 19.9. The molecule has 0 amide bonds. The SMILES string of the molecule is Fc1ccc(C(c2c(F)cccc2F)(c2c(F)cccc2F)C(F)(F)F)cc1. The lowest BCUT2D eigenvalue weighted by molar-refractivity contribution is -0.169. The Balaban J connectivity index is 2.61. The average Bonchev–Trinajstić information content (AvgIpc) is 2.59. The van der Waals surface area contributed by atoms with E-state index in [1.165, 1.54) is 0 Å². The van der Waals surface area contributed by atoms with Crippen LogP contribution in [0.1, 0.15) is 16.7 Å². The van der Waals surface area contributed by atoms with Gasteiger partial charge in [-0.1, -0.05) is 24.3 Å². The van der Waals surface area contributed by atoms with Gasteiger partial charge in [0.25, 0.3) is 0 Å². The van der Waals surface area contributed by atoms with Crippen molar-refractivity contribution >= 4 is 0 Å². The lowest BCUT2D eigenvalue weighted by Crippen LogP contribution is -2.47. The Kier molecular flexibility index (Phi) is 4.91. The Morgan fingerprint density at radius 2 is 0.857 bits per heavy atom. The highest BCUT2D eigenvalue weighted by Gasteiger charge is 2.62. The molecule has 0 unspecified atom stereocenters. The van der Waals surface area contributed by atoms with Gasteiger partial charge < -0.3 is 0 Å². The van der Waals surface area contributed by atoms with Gasteiger partial charge in [0.05, 0.1) is 0 Å². The summed E-state index contributed by atoms with van der Waals surface area (Å²) in [6.07, 6.45) is -5.60. The molecule has 0 saturated carbocycles. The standard InChI is InChI=1S/C20H10F8/c21-12-9-7-11(8-10-12)19(20(26,27)28,17-13(22)3-1-4-14(17)23)18-15(24)5-2-6-16(18)25/h1-10H. The summed E-state index contributed by atoms with van der Waals surface area (Å²) in [6.45, 7) is 0. The molecule has 0 atom stereocenters. The van der Waals surface area contributed by atoms with Crippen molar-refractivity contribution in [3.63, 3.8) is 0 Å². The van der Waals surface area contributed by atoms with E-state index in [0.717, 1.165) is 12.1 Å². The number of alkyl halides is 3. The van der Waals surface area contributed by atoms with Gasteiger partial charge in [-0.3, -0.25) is 0 Å². The summed E-state index contributed by atoms with van der Waals surface area (Å²) < 4.78 is 115. The van der Waals surface area contributed by atoms with Crippen LogP contribution in [0.4, 0.5) is 35.1 Å². The van der Waals surface area contributed by atoms with Crippen LogP contribution in [0.3, 0.4) is 0 Å². The zero-order chi connectivity index (χ0) is 20.7. The molecule has 0 heterocycles. The summed E-state index contributed by atoms with van der Waals surface area (Å²) in [7, 11) is 0. The predicted molar refractivity (Wildman–Crippen MR) is 85.1 cm³/mol. The lowest BCUT2D eigenvalue weighted by Gasteiger charge is -2.38. The van der Waals surface area contributed by atoms with E-state index in [1.54, 1.807) is 0 Å². The molecule has 0 aliphatic carbocycles. The Morgan fingerprint density at radius 1 is 0.500 bits per heavy atom. The minimum atomic E-state index is -5.60. The van der Waals surface area contributed by atoms with Crippen molar-refractivity contribution in [1.82, 2.24) is 0 Å². The highest BCUT2D eigenvalue weighted by molar-refractivity contribution is 5.54. The molecule has 0 saturated heterocycles. The van der Waals surface area contributed by atoms with Gasteiger partial charge >= 0.3 is 6.18 Å². The highest BCUT2D eigenvalue weighted by atomic mass is 19.4. The van der Waals surface area contributed by atoms with E-state index in [9.17, 15) is 35.1 Å². The van der Waals surface area contributed by atoms with E-state index in [1.807, 2.05) is 0 Å². The fourth-order valence-electron chi connectivity index (χ4n) is 3.27. The number of hydrogen-bond donors (Lipinski definition) is 0. The highest BCUT2D eigenvalue weighted by Crippen LogP contribution is 2.53. The molecular formula is C20H10F8. The van der Waals surface area contributed by atoms with Crippen LogP contribution < -0.4 is 0 Å². The molecule has 0 nitrogen and oxygen atoms in total. The average molecular weight is 402 g/mol. The first-order valence-electron chi connectivity index (χ1n) is 7.82. The minimum absolute atomic E-state index is 0.543. The molecule has 3 aromatic carbocycles. The van der Waals surface area contributed by atoms with E-state index in [0.29, 0.717) is 48.5 Å². The molecule has 146 valence electrons. The quantitative estimate of drug-likeness (QED) is 0.357. The maximum absolute atomic E-state index is 14.5. The number of rotatable bonds is 3. The molecule has 8 heteroatoms. The first-order valence-corrected chi connectivity index (χ1v) is 7.82. The fraction of sp³-hybridized carbons (Fsp3) is 0.100. The van der Waals surface area contributed by atoms with Crippen LogP contribution in [0.25, 0.3) is 0 Å². The van der Waals surface area contributed by atoms with E-state index in [-0.39, 0.29) is 0 Å². The Hall–Kier alpha value is -2.90. The van der Waals surface area contributed by atoms with Crippen LogP contribution in [0.2, 0.25) is 0 Å². The van der Waals surface area contributed by atoms with Crippen LogP contribution in [-0.2, 0) is 5.41 Å². The zero-order valence-electron chi connectivity index (χ0n) is 13.8. The summed E-state index contributed by atoms with van der Waals surface area (Å²) in [5.74, 6) is -7.59. The minimum Gasteiger partial charge on any atom is -0.207 e. The van der Waals surface area contributed by atoms with Crippen molar-refractivity contribution < 1.29 is 35.1 Å². The second-order valence-electron chi connectivity index (χ2n) is 5.95. The molecule has 3 rings (SSSR count). The molecule has 0 aliphatic heterocycles. The molecule has 0 aromatic heterocycles. The molecule has 0 fully saturated rings. The van der Waals surface area contributed by atoms with Gasteiger partial charge in [-0.05, 0) is 42.0 Å². The van der Waals surface area contributed by atoms with Gasteiger partial charge in [0.2, 0.25) is 0 Å². The third kappa shape index (κ3) is 2.93. The lowest BCUT2D eigenvalue weighted by atomic mass is 9.68. The second-order valence-corrected chi connectivity index (χ2v) is 5.95. The van der Waals surface area contributed by atoms with Crippen LogP contribution in [-0.4, -0.2) is 6.18 Å². The van der Waals surface area contributed by atoms with E-state index < -0.39 is 57.4 Å². The van der Waals surface area contributed by atoms with Crippen molar-refractivity contribution in [2.45, 2.75) is 11.6 Å². The Labute approximate surface area is 154 Å². The number of benzene rings is 3. The van der Waals surface area contributed by atoms with Crippen molar-refractivity contribution in [1.29, 1.82) is 0 Å². The summed E-state index contributed by atoms with van der Waals surface area (Å²) >= 11 is 0. The number of hydrogen-bond acceptors (Lipinski definition) is 0. The molecule has 0 N–H and O–H groups in total. The summed E-state index contributed by atoms with van der Waals surface area (Å²) in [4.78, 5) is 0. The van der Waals surface area contributed by atoms with E-state index >= 15 is 0 Å². The molecule has 0 spiro atoms. The zero-order valence-corrected chi connectivity index (χ0v) is 13.8. The second kappa shape index (κ2) is 6.92. The van der Waals surface area contributed by atoms with E-state index in [4.69, 9.17) is 0 Å². The van der Waals surface area contributed by atoms with Crippen molar-refractivity contribution in [2.75, 3.05) is 0 Å². The third-order valence-corrected chi connectivity index (χ3v) is 4.38. The fourth-order valence-corrected chi connectivity index (χ4v) is 3.27. The number of halogens is 8. The van der Waals surface area contributed by atoms with Gasteiger partial charge in [0.15, 0.2) is 5.41 Å². The Bertz CT molecular complexity index is 914. The predicted octanol–water partition coefficient (Wildman–Crippen LogP) is 6.28. The summed E-state index contributed by atoms with van der Waals surface area (Å²) in [5, 5.41) is 0. The first-order chi connectivity index (χ1) is 13.1. The molecule has 0 bridgehead atoms. The van der Waals surface area contributed by atoms with Crippen LogP contribution in [0, 0.1) is 29.1 Å². The monoisotopic (exact) mass is 402 g/mol. The van der Waals surface area contributed by atoms with Crippen LogP contribution >= 0.6 is 0 Å². The van der Waals surface area contributed by atoms with Crippen molar-refractivity contribution in [3.8, 4) is 0 Å². The van der Waals surface area contributed by atoms with Crippen molar-refractivity contribution in [2.24, 2.45) is 0 Å². The van der Waals surface area contributed by atoms with Gasteiger partial charge in [0.1, 0.15) is 29.1 Å².